The maximum absolute atomic E-state index is 5.98. The molecule has 0 fully saturated rings. The summed E-state index contributed by atoms with van der Waals surface area (Å²) in [5, 5.41) is -0.298. The zero-order chi connectivity index (χ0) is 12.4. The van der Waals surface area contributed by atoms with E-state index >= 15 is 0 Å². The minimum atomic E-state index is -1.62. The normalized spacial score (nSPS) is 16.1. The molecule has 0 radical (unpaired) electrons. The molecule has 0 heterocycles. The molecule has 0 aliphatic rings. The molecule has 0 N–H and O–H groups in total. The third-order valence-corrected chi connectivity index (χ3v) is 19.6. The molecule has 0 amide bonds. The van der Waals surface area contributed by atoms with Gasteiger partial charge >= 0.3 is 0 Å². The van der Waals surface area contributed by atoms with E-state index in [1.165, 1.54) is 5.30 Å². The van der Waals surface area contributed by atoms with Crippen molar-refractivity contribution in [2.45, 2.75) is 19.6 Å². The average molecular weight is 289 g/mol. The van der Waals surface area contributed by atoms with E-state index in [0.29, 0.717) is 0 Å². The molecule has 1 aromatic carbocycles. The average Bonchev–Trinajstić information content (AvgIpc) is 2.16. The summed E-state index contributed by atoms with van der Waals surface area (Å²) in [6, 6.07) is 10.6. The first-order valence-electron chi connectivity index (χ1n) is 5.30. The molecule has 0 aliphatic carbocycles. The predicted octanol–water partition coefficient (Wildman–Crippen LogP) is 3.75. The van der Waals surface area contributed by atoms with Crippen LogP contribution >= 0.6 is 16.2 Å². The van der Waals surface area contributed by atoms with Gasteiger partial charge in [0.2, 0.25) is 0 Å². The lowest BCUT2D eigenvalue weighted by molar-refractivity contribution is 0.692. The number of nitrogens with zero attached hydrogens (tertiary/aromatic N) is 1. The van der Waals surface area contributed by atoms with Crippen molar-refractivity contribution in [1.82, 2.24) is 4.67 Å². The summed E-state index contributed by atoms with van der Waals surface area (Å²) in [5.74, 6) is 0. The Balaban J connectivity index is 3.14. The van der Waals surface area contributed by atoms with E-state index < -0.39 is 12.6 Å². The number of rotatable bonds is 4. The molecule has 1 aromatic rings. The molecule has 0 spiro atoms. The minimum Gasteiger partial charge on any atom is -0.270 e. The second-order valence-electron chi connectivity index (χ2n) is 4.91. The van der Waals surface area contributed by atoms with Crippen molar-refractivity contribution < 1.29 is 0 Å². The SMILES string of the molecule is CN(C)P(=S)(S[Si](C)(C)C)c1ccccc1. The molecule has 0 saturated heterocycles. The van der Waals surface area contributed by atoms with Gasteiger partial charge in [-0.2, -0.15) is 0 Å². The van der Waals surface area contributed by atoms with Crippen molar-refractivity contribution in [1.29, 1.82) is 0 Å². The van der Waals surface area contributed by atoms with Gasteiger partial charge in [0.15, 0.2) is 0 Å². The first-order chi connectivity index (χ1) is 7.26. The Morgan fingerprint density at radius 1 is 1.12 bits per heavy atom. The van der Waals surface area contributed by atoms with Gasteiger partial charge in [0, 0.05) is 5.30 Å². The van der Waals surface area contributed by atoms with Gasteiger partial charge in [-0.25, -0.2) is 0 Å². The third-order valence-electron chi connectivity index (χ3n) is 2.01. The van der Waals surface area contributed by atoms with Crippen LogP contribution in [-0.2, 0) is 11.8 Å². The smallest absolute Gasteiger partial charge is 0.116 e. The Bertz CT molecular complexity index is 387. The van der Waals surface area contributed by atoms with Gasteiger partial charge in [-0.15, -0.1) is 10.8 Å². The van der Waals surface area contributed by atoms with Crippen molar-refractivity contribution in [3.63, 3.8) is 0 Å². The Hall–Kier alpha value is 0.397. The van der Waals surface area contributed by atoms with Crippen molar-refractivity contribution in [2.75, 3.05) is 14.1 Å². The molecule has 0 aromatic heterocycles. The molecule has 1 unspecified atom stereocenters. The van der Waals surface area contributed by atoms with Gasteiger partial charge in [0.25, 0.3) is 0 Å². The zero-order valence-electron chi connectivity index (χ0n) is 10.6. The topological polar surface area (TPSA) is 3.24 Å². The van der Waals surface area contributed by atoms with E-state index in [9.17, 15) is 0 Å². The fraction of sp³-hybridized carbons (Fsp3) is 0.455. The second-order valence-corrected chi connectivity index (χ2v) is 21.4. The minimum absolute atomic E-state index is 1.22. The number of hydrogen-bond donors (Lipinski definition) is 0. The van der Waals surface area contributed by atoms with Gasteiger partial charge < -0.3 is 0 Å². The van der Waals surface area contributed by atoms with E-state index in [1.54, 1.807) is 0 Å². The monoisotopic (exact) mass is 289 g/mol. The van der Waals surface area contributed by atoms with Crippen LogP contribution in [0.3, 0.4) is 0 Å². The van der Waals surface area contributed by atoms with Crippen molar-refractivity contribution in [2.24, 2.45) is 0 Å². The van der Waals surface area contributed by atoms with E-state index in [-0.39, 0.29) is 0 Å². The molecule has 5 heteroatoms. The summed E-state index contributed by atoms with van der Waals surface area (Å²) < 4.78 is 2.25. The van der Waals surface area contributed by atoms with E-state index in [0.717, 1.165) is 0 Å². The van der Waals surface area contributed by atoms with E-state index in [2.05, 4.69) is 79.6 Å². The summed E-state index contributed by atoms with van der Waals surface area (Å²) in [4.78, 5) is 0. The van der Waals surface area contributed by atoms with Gasteiger partial charge in [-0.1, -0.05) is 61.8 Å². The van der Waals surface area contributed by atoms with Gasteiger partial charge in [-0.05, 0) is 14.1 Å². The van der Waals surface area contributed by atoms with Crippen molar-refractivity contribution in [3.8, 4) is 0 Å². The van der Waals surface area contributed by atoms with Gasteiger partial charge in [0.05, 0.1) is 5.39 Å². The van der Waals surface area contributed by atoms with E-state index in [4.69, 9.17) is 11.8 Å². The Morgan fingerprint density at radius 3 is 2.00 bits per heavy atom. The molecular weight excluding hydrogens is 269 g/mol. The lowest BCUT2D eigenvalue weighted by Crippen LogP contribution is -2.23. The predicted molar refractivity (Wildman–Crippen MR) is 85.0 cm³/mol. The second kappa shape index (κ2) is 5.36. The first-order valence-corrected chi connectivity index (χ1v) is 13.7. The highest BCUT2D eigenvalue weighted by Gasteiger charge is 2.30. The van der Waals surface area contributed by atoms with E-state index in [1.807, 2.05) is 0 Å². The van der Waals surface area contributed by atoms with Crippen LogP contribution in [-0.4, -0.2) is 26.0 Å². The van der Waals surface area contributed by atoms with Crippen LogP contribution in [0.1, 0.15) is 0 Å². The zero-order valence-corrected chi connectivity index (χ0v) is 14.1. The van der Waals surface area contributed by atoms with Crippen LogP contribution in [0, 0.1) is 0 Å². The van der Waals surface area contributed by atoms with Gasteiger partial charge in [-0.3, -0.25) is 4.67 Å². The van der Waals surface area contributed by atoms with Crippen LogP contribution in [0.15, 0.2) is 30.3 Å². The molecule has 16 heavy (non-hydrogen) atoms. The number of hydrogen-bond acceptors (Lipinski definition) is 2. The first kappa shape index (κ1) is 14.5. The van der Waals surface area contributed by atoms with Crippen molar-refractivity contribution in [3.05, 3.63) is 30.3 Å². The van der Waals surface area contributed by atoms with Crippen LogP contribution in [0.5, 0.6) is 0 Å². The molecule has 0 saturated carbocycles. The molecule has 1 nitrogen and oxygen atoms in total. The maximum Gasteiger partial charge on any atom is 0.116 e. The summed E-state index contributed by atoms with van der Waals surface area (Å²) >= 11 is 5.98. The molecule has 0 bridgehead atoms. The van der Waals surface area contributed by atoms with Crippen molar-refractivity contribution >= 4 is 40.6 Å². The standard InChI is InChI=1S/C11H20NPS2Si/c1-12(2)13(14,15-16(3,4)5)11-9-7-6-8-10-11/h6-10H,1-5H3. The fourth-order valence-electron chi connectivity index (χ4n) is 1.35. The largest absolute Gasteiger partial charge is 0.270 e. The Labute approximate surface area is 109 Å². The summed E-state index contributed by atoms with van der Waals surface area (Å²) in [5.41, 5.74) is 0. The highest BCUT2D eigenvalue weighted by molar-refractivity contribution is 8.82. The maximum atomic E-state index is 5.98. The van der Waals surface area contributed by atoms with Crippen LogP contribution in [0.4, 0.5) is 0 Å². The van der Waals surface area contributed by atoms with Crippen LogP contribution in [0.25, 0.3) is 0 Å². The molecular formula is C11H20NPS2Si. The summed E-state index contributed by atoms with van der Waals surface area (Å²) in [6.45, 7) is 7.10. The third kappa shape index (κ3) is 3.71. The van der Waals surface area contributed by atoms with Crippen LogP contribution in [0.2, 0.25) is 19.6 Å². The van der Waals surface area contributed by atoms with Gasteiger partial charge in [0.1, 0.15) is 7.22 Å². The van der Waals surface area contributed by atoms with Crippen LogP contribution < -0.4 is 5.30 Å². The number of benzene rings is 1. The lowest BCUT2D eigenvalue weighted by Gasteiger charge is -2.33. The Kier molecular flexibility index (Phi) is 4.84. The highest BCUT2D eigenvalue weighted by atomic mass is 33.0. The molecule has 1 rings (SSSR count). The molecule has 90 valence electrons. The molecule has 1 atom stereocenters. The molecule has 0 aliphatic heterocycles. The quantitative estimate of drug-likeness (QED) is 0.614. The lowest BCUT2D eigenvalue weighted by atomic mass is 10.4. The Morgan fingerprint density at radius 2 is 1.62 bits per heavy atom. The fourth-order valence-corrected chi connectivity index (χ4v) is 22.3. The summed E-state index contributed by atoms with van der Waals surface area (Å²) in [6.07, 6.45) is 0. The summed E-state index contributed by atoms with van der Waals surface area (Å²) in [7, 11) is 5.06. The highest BCUT2D eigenvalue weighted by Crippen LogP contribution is 2.62.